The van der Waals surface area contributed by atoms with E-state index in [4.69, 9.17) is 4.74 Å². The van der Waals surface area contributed by atoms with Crippen molar-refractivity contribution >= 4 is 11.8 Å². The largest absolute Gasteiger partial charge is 0.369 e. The van der Waals surface area contributed by atoms with E-state index < -0.39 is 5.60 Å². The van der Waals surface area contributed by atoms with Crippen LogP contribution in [0.2, 0.25) is 0 Å². The molecule has 0 spiro atoms. The number of hydrogen-bond acceptors (Lipinski definition) is 3. The van der Waals surface area contributed by atoms with Gasteiger partial charge in [0.25, 0.3) is 5.91 Å². The van der Waals surface area contributed by atoms with Crippen molar-refractivity contribution in [2.24, 2.45) is 0 Å². The first-order chi connectivity index (χ1) is 8.38. The highest BCUT2D eigenvalue weighted by molar-refractivity contribution is 5.89. The second kappa shape index (κ2) is 8.08. The smallest absolute Gasteiger partial charge is 0.254 e. The fourth-order valence-electron chi connectivity index (χ4n) is 1.48. The summed E-state index contributed by atoms with van der Waals surface area (Å²) in [6.45, 7) is 8.68. The zero-order valence-corrected chi connectivity index (χ0v) is 12.2. The Morgan fingerprint density at radius 3 is 2.28 bits per heavy atom. The van der Waals surface area contributed by atoms with E-state index in [9.17, 15) is 9.59 Å². The average Bonchev–Trinajstić information content (AvgIpc) is 2.34. The molecule has 0 radical (unpaired) electrons. The van der Waals surface area contributed by atoms with Gasteiger partial charge in [-0.05, 0) is 26.7 Å². The molecule has 0 bridgehead atoms. The van der Waals surface area contributed by atoms with Gasteiger partial charge in [0.15, 0.2) is 0 Å². The van der Waals surface area contributed by atoms with Gasteiger partial charge >= 0.3 is 0 Å². The number of rotatable bonds is 8. The molecule has 0 saturated heterocycles. The van der Waals surface area contributed by atoms with Crippen molar-refractivity contribution in [3.63, 3.8) is 0 Å². The third-order valence-corrected chi connectivity index (χ3v) is 2.71. The van der Waals surface area contributed by atoms with Crippen molar-refractivity contribution < 1.29 is 14.3 Å². The molecule has 0 aromatic heterocycles. The molecule has 0 aromatic carbocycles. The maximum absolute atomic E-state index is 12.2. The minimum absolute atomic E-state index is 0.0967. The first kappa shape index (κ1) is 16.9. The minimum Gasteiger partial charge on any atom is -0.369 e. The number of nitrogens with one attached hydrogen (secondary N) is 1. The molecule has 106 valence electrons. The van der Waals surface area contributed by atoms with Crippen LogP contribution >= 0.6 is 0 Å². The summed E-state index contributed by atoms with van der Waals surface area (Å²) in [5, 5.41) is 2.77. The van der Waals surface area contributed by atoms with Gasteiger partial charge < -0.3 is 15.0 Å². The quantitative estimate of drug-likeness (QED) is 0.711. The topological polar surface area (TPSA) is 58.6 Å². The zero-order valence-electron chi connectivity index (χ0n) is 12.2. The van der Waals surface area contributed by atoms with Gasteiger partial charge in [-0.25, -0.2) is 0 Å². The monoisotopic (exact) mass is 258 g/mol. The maximum atomic E-state index is 12.2. The predicted octanol–water partition coefficient (Wildman–Crippen LogP) is 1.18. The Kier molecular flexibility index (Phi) is 7.59. The van der Waals surface area contributed by atoms with E-state index in [0.29, 0.717) is 13.1 Å². The molecule has 0 aliphatic rings. The lowest BCUT2D eigenvalue weighted by Crippen LogP contribution is -2.50. The summed E-state index contributed by atoms with van der Waals surface area (Å²) >= 11 is 0. The van der Waals surface area contributed by atoms with Crippen LogP contribution in [0, 0.1) is 0 Å². The van der Waals surface area contributed by atoms with Crippen molar-refractivity contribution in [3.05, 3.63) is 0 Å². The third kappa shape index (κ3) is 5.49. The lowest BCUT2D eigenvalue weighted by molar-refractivity contribution is -0.153. The van der Waals surface area contributed by atoms with E-state index in [1.807, 2.05) is 13.8 Å². The van der Waals surface area contributed by atoms with Crippen molar-refractivity contribution in [1.29, 1.82) is 0 Å². The van der Waals surface area contributed by atoms with Gasteiger partial charge in [-0.1, -0.05) is 13.8 Å². The summed E-state index contributed by atoms with van der Waals surface area (Å²) in [6.07, 6.45) is 1.70. The lowest BCUT2D eigenvalue weighted by atomic mass is 10.1. The van der Waals surface area contributed by atoms with E-state index in [1.54, 1.807) is 18.7 Å². The molecule has 0 heterocycles. The number of amides is 2. The highest BCUT2D eigenvalue weighted by atomic mass is 16.5. The van der Waals surface area contributed by atoms with Crippen molar-refractivity contribution in [3.8, 4) is 0 Å². The second-order valence-corrected chi connectivity index (χ2v) is 4.79. The number of methoxy groups -OCH3 is 1. The number of nitrogens with zero attached hydrogens (tertiary/aromatic N) is 1. The first-order valence-electron chi connectivity index (χ1n) is 6.50. The summed E-state index contributed by atoms with van der Waals surface area (Å²) in [6, 6.07) is 0. The molecule has 0 rings (SSSR count). The Labute approximate surface area is 110 Å². The highest BCUT2D eigenvalue weighted by Gasteiger charge is 2.32. The van der Waals surface area contributed by atoms with E-state index in [-0.39, 0.29) is 18.4 Å². The van der Waals surface area contributed by atoms with Crippen molar-refractivity contribution in [1.82, 2.24) is 10.2 Å². The summed E-state index contributed by atoms with van der Waals surface area (Å²) in [4.78, 5) is 25.4. The SMILES string of the molecule is CCCNC(=O)CN(CCC)C(=O)C(C)(C)OC. The van der Waals surface area contributed by atoms with Gasteiger partial charge in [-0.3, -0.25) is 9.59 Å². The van der Waals surface area contributed by atoms with Gasteiger partial charge in [-0.2, -0.15) is 0 Å². The van der Waals surface area contributed by atoms with Crippen LogP contribution in [0.25, 0.3) is 0 Å². The maximum Gasteiger partial charge on any atom is 0.254 e. The number of hydrogen-bond donors (Lipinski definition) is 1. The van der Waals surface area contributed by atoms with Crippen LogP contribution in [0.15, 0.2) is 0 Å². The summed E-state index contributed by atoms with van der Waals surface area (Å²) in [7, 11) is 1.50. The molecule has 18 heavy (non-hydrogen) atoms. The first-order valence-corrected chi connectivity index (χ1v) is 6.50. The van der Waals surface area contributed by atoms with Gasteiger partial charge in [-0.15, -0.1) is 0 Å². The van der Waals surface area contributed by atoms with Crippen LogP contribution in [-0.2, 0) is 14.3 Å². The molecule has 0 aromatic rings. The van der Waals surface area contributed by atoms with Crippen LogP contribution in [0.4, 0.5) is 0 Å². The molecule has 5 heteroatoms. The Hall–Kier alpha value is -1.10. The molecule has 0 unspecified atom stereocenters. The molecule has 2 amide bonds. The Morgan fingerprint density at radius 1 is 1.22 bits per heavy atom. The fraction of sp³-hybridized carbons (Fsp3) is 0.846. The average molecular weight is 258 g/mol. The standard InChI is InChI=1S/C13H26N2O3/c1-6-8-14-11(16)10-15(9-7-2)12(17)13(3,4)18-5/h6-10H2,1-5H3,(H,14,16). The molecule has 0 saturated carbocycles. The summed E-state index contributed by atoms with van der Waals surface area (Å²) in [5.41, 5.74) is -0.889. The molecule has 0 aliphatic heterocycles. The molecular formula is C13H26N2O3. The summed E-state index contributed by atoms with van der Waals surface area (Å²) < 4.78 is 5.17. The van der Waals surface area contributed by atoms with Crippen LogP contribution in [0.5, 0.6) is 0 Å². The van der Waals surface area contributed by atoms with Crippen LogP contribution in [-0.4, -0.2) is 49.1 Å². The molecule has 0 aliphatic carbocycles. The molecular weight excluding hydrogens is 232 g/mol. The van der Waals surface area contributed by atoms with Crippen LogP contribution < -0.4 is 5.32 Å². The third-order valence-electron chi connectivity index (χ3n) is 2.71. The van der Waals surface area contributed by atoms with E-state index >= 15 is 0 Å². The highest BCUT2D eigenvalue weighted by Crippen LogP contribution is 2.12. The fourth-order valence-corrected chi connectivity index (χ4v) is 1.48. The normalized spacial score (nSPS) is 11.2. The number of carbonyl (C=O) groups is 2. The van der Waals surface area contributed by atoms with E-state index in [0.717, 1.165) is 12.8 Å². The number of carbonyl (C=O) groups excluding carboxylic acids is 2. The Bertz CT molecular complexity index is 277. The Balaban J connectivity index is 4.56. The molecule has 0 atom stereocenters. The minimum atomic E-state index is -0.889. The zero-order chi connectivity index (χ0) is 14.2. The van der Waals surface area contributed by atoms with Gasteiger partial charge in [0.2, 0.25) is 5.91 Å². The van der Waals surface area contributed by atoms with Crippen molar-refractivity contribution in [2.75, 3.05) is 26.7 Å². The van der Waals surface area contributed by atoms with Crippen LogP contribution in [0.3, 0.4) is 0 Å². The molecule has 1 N–H and O–H groups in total. The van der Waals surface area contributed by atoms with Gasteiger partial charge in [0.1, 0.15) is 5.60 Å². The summed E-state index contributed by atoms with van der Waals surface area (Å²) in [5.74, 6) is -0.274. The van der Waals surface area contributed by atoms with Gasteiger partial charge in [0, 0.05) is 20.2 Å². The molecule has 5 nitrogen and oxygen atoms in total. The van der Waals surface area contributed by atoms with E-state index in [1.165, 1.54) is 7.11 Å². The van der Waals surface area contributed by atoms with Gasteiger partial charge in [0.05, 0.1) is 6.54 Å². The second-order valence-electron chi connectivity index (χ2n) is 4.79. The van der Waals surface area contributed by atoms with Crippen molar-refractivity contribution in [2.45, 2.75) is 46.1 Å². The molecule has 0 fully saturated rings. The Morgan fingerprint density at radius 2 is 1.83 bits per heavy atom. The predicted molar refractivity (Wildman–Crippen MR) is 71.3 cm³/mol. The van der Waals surface area contributed by atoms with Crippen LogP contribution in [0.1, 0.15) is 40.5 Å². The lowest BCUT2D eigenvalue weighted by Gasteiger charge is -2.30. The number of ether oxygens (including phenoxy) is 1. The van der Waals surface area contributed by atoms with E-state index in [2.05, 4.69) is 5.32 Å².